The van der Waals surface area contributed by atoms with Crippen LogP contribution in [0, 0.1) is 5.82 Å². The van der Waals surface area contributed by atoms with Gasteiger partial charge in [-0.25, -0.2) is 9.40 Å². The quantitative estimate of drug-likeness (QED) is 0.622. The van der Waals surface area contributed by atoms with Gasteiger partial charge >= 0.3 is 6.18 Å². The van der Waals surface area contributed by atoms with Gasteiger partial charge in [0.1, 0.15) is 11.6 Å². The fourth-order valence-corrected chi connectivity index (χ4v) is 2.65. The first-order valence-corrected chi connectivity index (χ1v) is 7.88. The van der Waals surface area contributed by atoms with Gasteiger partial charge in [-0.1, -0.05) is 11.6 Å². The number of phenolic OH excluding ortho intramolecular Hbond substituents is 1. The van der Waals surface area contributed by atoms with Crippen molar-refractivity contribution in [3.05, 3.63) is 63.9 Å². The molecule has 0 radical (unpaired) electrons. The average Bonchev–Trinajstić information content (AvgIpc) is 3.00. The molecule has 5 nitrogen and oxygen atoms in total. The largest absolute Gasteiger partial charge is 0.508 e. The van der Waals surface area contributed by atoms with E-state index in [2.05, 4.69) is 5.10 Å². The number of hydrazone groups is 1. The normalized spacial score (nSPS) is 16.9. The summed E-state index contributed by atoms with van der Waals surface area (Å²) in [5.74, 6) is -1.81. The van der Waals surface area contributed by atoms with Crippen LogP contribution in [0.3, 0.4) is 0 Å². The maximum absolute atomic E-state index is 13.4. The highest BCUT2D eigenvalue weighted by atomic mass is 35.5. The molecule has 1 aliphatic heterocycles. The zero-order valence-electron chi connectivity index (χ0n) is 13.4. The molecular formula is C17H11ClF4N2O3. The van der Waals surface area contributed by atoms with Crippen LogP contribution < -0.4 is 0 Å². The Balaban J connectivity index is 1.93. The van der Waals surface area contributed by atoms with Gasteiger partial charge < -0.3 is 9.84 Å². The van der Waals surface area contributed by atoms with E-state index >= 15 is 0 Å². The van der Waals surface area contributed by atoms with Crippen molar-refractivity contribution in [1.29, 1.82) is 0 Å². The van der Waals surface area contributed by atoms with Crippen molar-refractivity contribution in [1.82, 2.24) is 5.01 Å². The summed E-state index contributed by atoms with van der Waals surface area (Å²) in [7, 11) is 0. The number of aldehydes is 1. The molecule has 10 heteroatoms. The Hall–Kier alpha value is -2.81. The number of benzene rings is 2. The lowest BCUT2D eigenvalue weighted by atomic mass is 10.1. The molecular weight excluding hydrogens is 392 g/mol. The average molecular weight is 403 g/mol. The highest BCUT2D eigenvalue weighted by Gasteiger charge is 2.36. The standard InChI is InChI=1S/C17H11ClF4N2O3/c18-11-2-4-14(26)10(5-11)7-24-15(8-25)27-16(23-24)9-1-3-13(19)12(6-9)17(20,21)22/h1-6,8,15,26H,7H2. The van der Waals surface area contributed by atoms with Gasteiger partial charge in [0, 0.05) is 16.1 Å². The third-order valence-electron chi connectivity index (χ3n) is 3.75. The van der Waals surface area contributed by atoms with Crippen molar-refractivity contribution in [2.45, 2.75) is 18.9 Å². The summed E-state index contributed by atoms with van der Waals surface area (Å²) in [6.45, 7) is -0.0907. The van der Waals surface area contributed by atoms with E-state index in [0.29, 0.717) is 29.0 Å². The lowest BCUT2D eigenvalue weighted by Crippen LogP contribution is -2.29. The summed E-state index contributed by atoms with van der Waals surface area (Å²) in [6.07, 6.45) is -5.72. The second kappa shape index (κ2) is 7.07. The van der Waals surface area contributed by atoms with Crippen LogP contribution in [0.15, 0.2) is 41.5 Å². The van der Waals surface area contributed by atoms with E-state index in [1.54, 1.807) is 0 Å². The molecule has 142 valence electrons. The molecule has 0 amide bonds. The predicted molar refractivity (Wildman–Crippen MR) is 87.5 cm³/mol. The van der Waals surface area contributed by atoms with Crippen LogP contribution in [-0.2, 0) is 22.3 Å². The number of phenols is 1. The Labute approximate surface area is 155 Å². The topological polar surface area (TPSA) is 62.1 Å². The molecule has 0 spiro atoms. The molecule has 0 bridgehead atoms. The first-order chi connectivity index (χ1) is 12.7. The number of carbonyl (C=O) groups excluding carboxylic acids is 1. The number of halogens is 5. The third kappa shape index (κ3) is 3.97. The number of hydrogen-bond acceptors (Lipinski definition) is 5. The van der Waals surface area contributed by atoms with Gasteiger partial charge in [-0.2, -0.15) is 13.2 Å². The van der Waals surface area contributed by atoms with Crippen LogP contribution in [0.25, 0.3) is 0 Å². The SMILES string of the molecule is O=CC1OC(c2ccc(F)c(C(F)(F)F)c2)=NN1Cc1cc(Cl)ccc1O. The highest BCUT2D eigenvalue weighted by molar-refractivity contribution is 6.30. The Morgan fingerprint density at radius 1 is 1.26 bits per heavy atom. The van der Waals surface area contributed by atoms with E-state index in [9.17, 15) is 27.5 Å². The van der Waals surface area contributed by atoms with E-state index < -0.39 is 23.8 Å². The summed E-state index contributed by atoms with van der Waals surface area (Å²) >= 11 is 5.86. The molecule has 0 fully saturated rings. The minimum absolute atomic E-state index is 0.0907. The van der Waals surface area contributed by atoms with Crippen LogP contribution in [0.4, 0.5) is 17.6 Å². The highest BCUT2D eigenvalue weighted by Crippen LogP contribution is 2.33. The van der Waals surface area contributed by atoms with Gasteiger partial charge in [0.2, 0.25) is 12.1 Å². The van der Waals surface area contributed by atoms with Gasteiger partial charge in [-0.3, -0.25) is 4.79 Å². The molecule has 1 heterocycles. The monoisotopic (exact) mass is 402 g/mol. The van der Waals surface area contributed by atoms with Crippen molar-refractivity contribution < 1.29 is 32.2 Å². The zero-order chi connectivity index (χ0) is 19.8. The van der Waals surface area contributed by atoms with Crippen LogP contribution in [0.2, 0.25) is 5.02 Å². The molecule has 2 aromatic rings. The second-order valence-corrected chi connectivity index (χ2v) is 6.05. The third-order valence-corrected chi connectivity index (χ3v) is 3.99. The van der Waals surface area contributed by atoms with Crippen LogP contribution in [-0.4, -0.2) is 28.5 Å². The van der Waals surface area contributed by atoms with E-state index in [0.717, 1.165) is 11.1 Å². The van der Waals surface area contributed by atoms with Crippen molar-refractivity contribution in [3.8, 4) is 5.75 Å². The lowest BCUT2D eigenvalue weighted by molar-refractivity contribution is -0.140. The number of carbonyl (C=O) groups is 1. The number of nitrogens with zero attached hydrogens (tertiary/aromatic N) is 2. The van der Waals surface area contributed by atoms with E-state index in [1.165, 1.54) is 18.2 Å². The molecule has 2 aromatic carbocycles. The van der Waals surface area contributed by atoms with Gasteiger partial charge in [-0.05, 0) is 36.4 Å². The van der Waals surface area contributed by atoms with E-state index in [-0.39, 0.29) is 23.8 Å². The number of alkyl halides is 3. The minimum Gasteiger partial charge on any atom is -0.508 e. The molecule has 0 saturated carbocycles. The molecule has 0 aromatic heterocycles. The lowest BCUT2D eigenvalue weighted by Gasteiger charge is -2.17. The molecule has 0 saturated heterocycles. The van der Waals surface area contributed by atoms with Gasteiger partial charge in [0.15, 0.2) is 6.29 Å². The molecule has 3 rings (SSSR count). The van der Waals surface area contributed by atoms with E-state index in [4.69, 9.17) is 16.3 Å². The molecule has 1 atom stereocenters. The summed E-state index contributed by atoms with van der Waals surface area (Å²) in [5.41, 5.74) is -1.29. The van der Waals surface area contributed by atoms with Crippen LogP contribution in [0.5, 0.6) is 5.75 Å². The molecule has 0 aliphatic carbocycles. The van der Waals surface area contributed by atoms with E-state index in [1.807, 2.05) is 0 Å². The molecule has 1 aliphatic rings. The van der Waals surface area contributed by atoms with Crippen LogP contribution in [0.1, 0.15) is 16.7 Å². The maximum Gasteiger partial charge on any atom is 0.419 e. The Kier molecular flexibility index (Phi) is 4.97. The van der Waals surface area contributed by atoms with Crippen LogP contribution >= 0.6 is 11.6 Å². The van der Waals surface area contributed by atoms with Gasteiger partial charge in [-0.15, -0.1) is 5.10 Å². The van der Waals surface area contributed by atoms with Crippen molar-refractivity contribution in [2.24, 2.45) is 5.10 Å². The maximum atomic E-state index is 13.4. The van der Waals surface area contributed by atoms with Crippen molar-refractivity contribution >= 4 is 23.8 Å². The van der Waals surface area contributed by atoms with Gasteiger partial charge in [0.25, 0.3) is 0 Å². The Morgan fingerprint density at radius 2 is 2.00 bits per heavy atom. The Bertz CT molecular complexity index is 918. The zero-order valence-corrected chi connectivity index (χ0v) is 14.1. The predicted octanol–water partition coefficient (Wildman–Crippen LogP) is 3.92. The molecule has 1 N–H and O–H groups in total. The summed E-state index contributed by atoms with van der Waals surface area (Å²) in [6, 6.07) is 6.52. The smallest absolute Gasteiger partial charge is 0.419 e. The Morgan fingerprint density at radius 3 is 2.67 bits per heavy atom. The number of rotatable bonds is 4. The first-order valence-electron chi connectivity index (χ1n) is 7.51. The fraction of sp³-hybridized carbons (Fsp3) is 0.176. The molecule has 27 heavy (non-hydrogen) atoms. The van der Waals surface area contributed by atoms with Crippen molar-refractivity contribution in [3.63, 3.8) is 0 Å². The summed E-state index contributed by atoms with van der Waals surface area (Å²) < 4.78 is 57.3. The van der Waals surface area contributed by atoms with Gasteiger partial charge in [0.05, 0.1) is 12.1 Å². The summed E-state index contributed by atoms with van der Waals surface area (Å²) in [4.78, 5) is 11.2. The molecule has 1 unspecified atom stereocenters. The number of ether oxygens (including phenoxy) is 1. The minimum atomic E-state index is -4.89. The first kappa shape index (κ1) is 19.0. The summed E-state index contributed by atoms with van der Waals surface area (Å²) in [5, 5.41) is 15.3. The second-order valence-electron chi connectivity index (χ2n) is 5.61. The fourth-order valence-electron chi connectivity index (χ4n) is 2.45. The van der Waals surface area contributed by atoms with Crippen molar-refractivity contribution in [2.75, 3.05) is 0 Å². The number of hydrogen-bond donors (Lipinski definition) is 1. The number of aromatic hydroxyl groups is 1.